The lowest BCUT2D eigenvalue weighted by Crippen LogP contribution is -2.06. The van der Waals surface area contributed by atoms with Crippen molar-refractivity contribution >= 4 is 15.9 Å². The highest BCUT2D eigenvalue weighted by Crippen LogP contribution is 2.33. The Hall–Kier alpha value is -1.32. The predicted octanol–water partition coefficient (Wildman–Crippen LogP) is 4.66. The molecule has 0 radical (unpaired) electrons. The highest BCUT2D eigenvalue weighted by atomic mass is 79.9. The third kappa shape index (κ3) is 3.66. The van der Waals surface area contributed by atoms with Crippen LogP contribution < -0.4 is 4.74 Å². The van der Waals surface area contributed by atoms with E-state index < -0.39 is 6.10 Å². The maximum atomic E-state index is 10.6. The topological polar surface area (TPSA) is 29.5 Å². The number of ether oxygens (including phenoxy) is 1. The van der Waals surface area contributed by atoms with Crippen molar-refractivity contribution in [2.45, 2.75) is 33.3 Å². The number of halogens is 1. The first-order valence-corrected chi connectivity index (χ1v) is 7.80. The van der Waals surface area contributed by atoms with Crippen molar-refractivity contribution in [1.82, 2.24) is 0 Å². The second-order valence-electron chi connectivity index (χ2n) is 5.49. The molecule has 0 aliphatic rings. The Morgan fingerprint density at radius 3 is 2.48 bits per heavy atom. The van der Waals surface area contributed by atoms with Gasteiger partial charge in [0.15, 0.2) is 0 Å². The minimum absolute atomic E-state index is 0.583. The molecule has 0 heterocycles. The lowest BCUT2D eigenvalue weighted by Gasteiger charge is -2.18. The van der Waals surface area contributed by atoms with Gasteiger partial charge in [-0.25, -0.2) is 0 Å². The molecule has 0 amide bonds. The van der Waals surface area contributed by atoms with Gasteiger partial charge in [0.2, 0.25) is 0 Å². The SMILES string of the molecule is COc1cc(C)c(Br)cc1C(O)Cc1cc(C)ccc1C. The molecule has 21 heavy (non-hydrogen) atoms. The quantitative estimate of drug-likeness (QED) is 0.870. The summed E-state index contributed by atoms with van der Waals surface area (Å²) in [5, 5.41) is 10.6. The van der Waals surface area contributed by atoms with Gasteiger partial charge in [-0.3, -0.25) is 0 Å². The van der Waals surface area contributed by atoms with E-state index in [1.807, 2.05) is 19.1 Å². The number of aliphatic hydroxyl groups is 1. The third-order valence-electron chi connectivity index (χ3n) is 3.79. The number of hydrogen-bond acceptors (Lipinski definition) is 2. The summed E-state index contributed by atoms with van der Waals surface area (Å²) in [7, 11) is 1.64. The maximum absolute atomic E-state index is 10.6. The smallest absolute Gasteiger partial charge is 0.125 e. The first-order chi connectivity index (χ1) is 9.92. The average Bonchev–Trinajstić information content (AvgIpc) is 2.45. The van der Waals surface area contributed by atoms with Crippen LogP contribution in [0.25, 0.3) is 0 Å². The molecule has 2 rings (SSSR count). The van der Waals surface area contributed by atoms with E-state index in [2.05, 4.69) is 48.0 Å². The molecule has 0 saturated carbocycles. The summed E-state index contributed by atoms with van der Waals surface area (Å²) in [6, 6.07) is 10.2. The van der Waals surface area contributed by atoms with E-state index in [4.69, 9.17) is 4.74 Å². The van der Waals surface area contributed by atoms with Crippen LogP contribution in [0.4, 0.5) is 0 Å². The number of rotatable bonds is 4. The molecule has 0 aliphatic heterocycles. The summed E-state index contributed by atoms with van der Waals surface area (Å²) >= 11 is 3.52. The largest absolute Gasteiger partial charge is 0.496 e. The van der Waals surface area contributed by atoms with Gasteiger partial charge in [0.1, 0.15) is 5.75 Å². The number of methoxy groups -OCH3 is 1. The maximum Gasteiger partial charge on any atom is 0.125 e. The van der Waals surface area contributed by atoms with Crippen molar-refractivity contribution in [3.05, 3.63) is 62.6 Å². The van der Waals surface area contributed by atoms with Gasteiger partial charge in [-0.15, -0.1) is 0 Å². The van der Waals surface area contributed by atoms with Crippen molar-refractivity contribution in [2.24, 2.45) is 0 Å². The fourth-order valence-electron chi connectivity index (χ4n) is 2.45. The standard InChI is InChI=1S/C18H21BrO2/c1-11-5-6-12(2)14(7-11)9-17(20)15-10-16(19)13(3)8-18(15)21-4/h5-8,10,17,20H,9H2,1-4H3. The highest BCUT2D eigenvalue weighted by Gasteiger charge is 2.16. The Kier molecular flexibility index (Phi) is 5.07. The van der Waals surface area contributed by atoms with Gasteiger partial charge >= 0.3 is 0 Å². The van der Waals surface area contributed by atoms with E-state index >= 15 is 0 Å². The number of aliphatic hydroxyl groups excluding tert-OH is 1. The average molecular weight is 349 g/mol. The van der Waals surface area contributed by atoms with Crippen molar-refractivity contribution in [1.29, 1.82) is 0 Å². The van der Waals surface area contributed by atoms with Crippen LogP contribution >= 0.6 is 15.9 Å². The fraction of sp³-hybridized carbons (Fsp3) is 0.333. The summed E-state index contributed by atoms with van der Waals surface area (Å²) in [5.41, 5.74) is 5.48. The zero-order chi connectivity index (χ0) is 15.6. The predicted molar refractivity (Wildman–Crippen MR) is 90.0 cm³/mol. The molecule has 0 aromatic heterocycles. The normalized spacial score (nSPS) is 12.3. The molecule has 0 aliphatic carbocycles. The van der Waals surface area contributed by atoms with E-state index in [9.17, 15) is 5.11 Å². The van der Waals surface area contributed by atoms with Crippen LogP contribution in [0.3, 0.4) is 0 Å². The number of benzene rings is 2. The molecule has 0 spiro atoms. The third-order valence-corrected chi connectivity index (χ3v) is 4.64. The van der Waals surface area contributed by atoms with E-state index in [1.54, 1.807) is 7.11 Å². The van der Waals surface area contributed by atoms with Gasteiger partial charge in [-0.1, -0.05) is 39.7 Å². The summed E-state index contributed by atoms with van der Waals surface area (Å²) in [6.45, 7) is 6.15. The molecule has 1 atom stereocenters. The Balaban J connectivity index is 2.34. The van der Waals surface area contributed by atoms with Crippen molar-refractivity contribution in [2.75, 3.05) is 7.11 Å². The van der Waals surface area contributed by atoms with Gasteiger partial charge in [0.05, 0.1) is 13.2 Å². The van der Waals surface area contributed by atoms with Gasteiger partial charge in [0, 0.05) is 16.5 Å². The first kappa shape index (κ1) is 16.1. The van der Waals surface area contributed by atoms with Crippen molar-refractivity contribution < 1.29 is 9.84 Å². The second kappa shape index (κ2) is 6.63. The summed E-state index contributed by atoms with van der Waals surface area (Å²) in [5.74, 6) is 0.730. The highest BCUT2D eigenvalue weighted by molar-refractivity contribution is 9.10. The molecule has 2 nitrogen and oxygen atoms in total. The van der Waals surface area contributed by atoms with Crippen LogP contribution in [0.2, 0.25) is 0 Å². The Morgan fingerprint density at radius 2 is 1.81 bits per heavy atom. The van der Waals surface area contributed by atoms with E-state index in [-0.39, 0.29) is 0 Å². The number of aryl methyl sites for hydroxylation is 3. The van der Waals surface area contributed by atoms with Crippen LogP contribution in [0.1, 0.15) is 33.9 Å². The minimum Gasteiger partial charge on any atom is -0.496 e. The van der Waals surface area contributed by atoms with Gasteiger partial charge in [-0.2, -0.15) is 0 Å². The Labute approximate surface area is 134 Å². The Morgan fingerprint density at radius 1 is 1.10 bits per heavy atom. The van der Waals surface area contributed by atoms with Gasteiger partial charge in [-0.05, 0) is 49.6 Å². The summed E-state index contributed by atoms with van der Waals surface area (Å²) in [4.78, 5) is 0. The van der Waals surface area contributed by atoms with E-state index in [0.29, 0.717) is 6.42 Å². The van der Waals surface area contributed by atoms with Crippen molar-refractivity contribution in [3.63, 3.8) is 0 Å². The van der Waals surface area contributed by atoms with Crippen LogP contribution in [0.15, 0.2) is 34.8 Å². The monoisotopic (exact) mass is 348 g/mol. The molecule has 0 bridgehead atoms. The molecular weight excluding hydrogens is 328 g/mol. The summed E-state index contributed by atoms with van der Waals surface area (Å²) < 4.78 is 6.40. The van der Waals surface area contributed by atoms with Gasteiger partial charge < -0.3 is 9.84 Å². The molecule has 3 heteroatoms. The molecule has 1 N–H and O–H groups in total. The van der Waals surface area contributed by atoms with Gasteiger partial charge in [0.25, 0.3) is 0 Å². The molecule has 0 fully saturated rings. The molecule has 112 valence electrons. The number of hydrogen-bond donors (Lipinski definition) is 1. The van der Waals surface area contributed by atoms with Crippen LogP contribution in [-0.2, 0) is 6.42 Å². The second-order valence-corrected chi connectivity index (χ2v) is 6.35. The lowest BCUT2D eigenvalue weighted by atomic mass is 9.95. The zero-order valence-corrected chi connectivity index (χ0v) is 14.5. The minimum atomic E-state index is -0.586. The first-order valence-electron chi connectivity index (χ1n) is 7.00. The molecule has 2 aromatic carbocycles. The van der Waals surface area contributed by atoms with Crippen LogP contribution in [0, 0.1) is 20.8 Å². The molecule has 2 aromatic rings. The van der Waals surface area contributed by atoms with Crippen LogP contribution in [-0.4, -0.2) is 12.2 Å². The lowest BCUT2D eigenvalue weighted by molar-refractivity contribution is 0.173. The fourth-order valence-corrected chi connectivity index (χ4v) is 2.81. The molecule has 1 unspecified atom stereocenters. The Bertz CT molecular complexity index is 650. The summed E-state index contributed by atoms with van der Waals surface area (Å²) in [6.07, 6.45) is -0.00307. The van der Waals surface area contributed by atoms with Crippen LogP contribution in [0.5, 0.6) is 5.75 Å². The molecule has 0 saturated heterocycles. The zero-order valence-electron chi connectivity index (χ0n) is 12.9. The van der Waals surface area contributed by atoms with E-state index in [1.165, 1.54) is 16.7 Å². The van der Waals surface area contributed by atoms with Crippen molar-refractivity contribution in [3.8, 4) is 5.75 Å². The molecular formula is C18H21BrO2. The van der Waals surface area contributed by atoms with E-state index in [0.717, 1.165) is 21.3 Å².